The van der Waals surface area contributed by atoms with E-state index in [9.17, 15) is 4.79 Å². The maximum atomic E-state index is 12.1. The quantitative estimate of drug-likeness (QED) is 0.783. The second-order valence-electron chi connectivity index (χ2n) is 7.31. The van der Waals surface area contributed by atoms with E-state index in [0.717, 1.165) is 25.2 Å². The van der Waals surface area contributed by atoms with Crippen LogP contribution in [0.15, 0.2) is 0 Å². The first-order valence-corrected chi connectivity index (χ1v) is 8.37. The van der Waals surface area contributed by atoms with Crippen molar-refractivity contribution in [2.24, 2.45) is 23.0 Å². The topological polar surface area (TPSA) is 55.1 Å². The summed E-state index contributed by atoms with van der Waals surface area (Å²) in [5.41, 5.74) is 6.43. The van der Waals surface area contributed by atoms with Crippen LogP contribution in [0.25, 0.3) is 0 Å². The summed E-state index contributed by atoms with van der Waals surface area (Å²) in [4.78, 5) is 12.1. The first-order valence-electron chi connectivity index (χ1n) is 8.37. The Kier molecular flexibility index (Phi) is 6.50. The van der Waals surface area contributed by atoms with Gasteiger partial charge in [-0.15, -0.1) is 0 Å². The molecule has 0 saturated heterocycles. The van der Waals surface area contributed by atoms with E-state index in [4.69, 9.17) is 5.73 Å². The number of nitrogens with two attached hydrogens (primary N) is 1. The Bertz CT molecular complexity index is 306. The Labute approximate surface area is 125 Å². The molecule has 3 heteroatoms. The number of carbonyl (C=O) groups is 1. The van der Waals surface area contributed by atoms with Gasteiger partial charge in [0.1, 0.15) is 0 Å². The molecule has 118 valence electrons. The summed E-state index contributed by atoms with van der Waals surface area (Å²) >= 11 is 0. The maximum Gasteiger partial charge on any atom is 0.237 e. The molecular weight excluding hydrogens is 248 g/mol. The minimum absolute atomic E-state index is 0.0394. The summed E-state index contributed by atoms with van der Waals surface area (Å²) in [6.45, 7) is 11.1. The molecule has 1 aliphatic carbocycles. The lowest BCUT2D eigenvalue weighted by Crippen LogP contribution is -2.49. The number of amides is 1. The average molecular weight is 282 g/mol. The molecule has 0 heterocycles. The highest BCUT2D eigenvalue weighted by atomic mass is 16.2. The summed E-state index contributed by atoms with van der Waals surface area (Å²) in [5, 5.41) is 3.16. The molecule has 1 aliphatic rings. The van der Waals surface area contributed by atoms with Crippen molar-refractivity contribution in [3.8, 4) is 0 Å². The number of rotatable bonds is 6. The number of nitrogens with one attached hydrogen (secondary N) is 1. The van der Waals surface area contributed by atoms with E-state index < -0.39 is 0 Å². The summed E-state index contributed by atoms with van der Waals surface area (Å²) in [7, 11) is 0. The minimum Gasteiger partial charge on any atom is -0.352 e. The standard InChI is InChI=1S/C17H34N2O/c1-6-12(3)15(18)16(20)19-14-10-8-13(9-11-14)17(4,5)7-2/h12-15H,6-11,18H2,1-5H3,(H,19,20). The van der Waals surface area contributed by atoms with Gasteiger partial charge in [0.15, 0.2) is 0 Å². The first-order chi connectivity index (χ1) is 9.31. The molecule has 0 radical (unpaired) electrons. The fourth-order valence-corrected chi connectivity index (χ4v) is 3.12. The van der Waals surface area contributed by atoms with E-state index in [-0.39, 0.29) is 17.9 Å². The molecule has 0 spiro atoms. The van der Waals surface area contributed by atoms with Crippen LogP contribution in [0.1, 0.15) is 73.1 Å². The maximum absolute atomic E-state index is 12.1. The van der Waals surface area contributed by atoms with Gasteiger partial charge in [0, 0.05) is 6.04 Å². The zero-order chi connectivity index (χ0) is 15.3. The molecule has 3 N–H and O–H groups in total. The highest BCUT2D eigenvalue weighted by Gasteiger charge is 2.32. The third kappa shape index (κ3) is 4.47. The summed E-state index contributed by atoms with van der Waals surface area (Å²) < 4.78 is 0. The molecule has 20 heavy (non-hydrogen) atoms. The van der Waals surface area contributed by atoms with Gasteiger partial charge >= 0.3 is 0 Å². The van der Waals surface area contributed by atoms with E-state index in [0.29, 0.717) is 11.5 Å². The Morgan fingerprint density at radius 2 is 1.80 bits per heavy atom. The second kappa shape index (κ2) is 7.44. The number of hydrogen-bond donors (Lipinski definition) is 2. The Balaban J connectivity index is 2.41. The highest BCUT2D eigenvalue weighted by Crippen LogP contribution is 2.40. The second-order valence-corrected chi connectivity index (χ2v) is 7.31. The van der Waals surface area contributed by atoms with E-state index in [2.05, 4.69) is 33.0 Å². The van der Waals surface area contributed by atoms with Gasteiger partial charge in [0.05, 0.1) is 6.04 Å². The van der Waals surface area contributed by atoms with Gasteiger partial charge in [-0.2, -0.15) is 0 Å². The monoisotopic (exact) mass is 282 g/mol. The van der Waals surface area contributed by atoms with Crippen LogP contribution in [0.3, 0.4) is 0 Å². The average Bonchev–Trinajstić information content (AvgIpc) is 2.46. The molecule has 2 atom stereocenters. The van der Waals surface area contributed by atoms with E-state index >= 15 is 0 Å². The minimum atomic E-state index is -0.357. The number of hydrogen-bond acceptors (Lipinski definition) is 2. The van der Waals surface area contributed by atoms with Gasteiger partial charge < -0.3 is 11.1 Å². The lowest BCUT2D eigenvalue weighted by Gasteiger charge is -2.39. The molecular formula is C17H34N2O. The zero-order valence-electron chi connectivity index (χ0n) is 14.0. The predicted molar refractivity (Wildman–Crippen MR) is 85.4 cm³/mol. The van der Waals surface area contributed by atoms with Gasteiger partial charge in [-0.05, 0) is 42.9 Å². The number of carbonyl (C=O) groups excluding carboxylic acids is 1. The Morgan fingerprint density at radius 3 is 2.25 bits per heavy atom. The van der Waals surface area contributed by atoms with E-state index in [1.54, 1.807) is 0 Å². The van der Waals surface area contributed by atoms with E-state index in [1.807, 2.05) is 6.92 Å². The molecule has 0 aliphatic heterocycles. The van der Waals surface area contributed by atoms with E-state index in [1.165, 1.54) is 19.3 Å². The SMILES string of the molecule is CCC(C)C(N)C(=O)NC1CCC(C(C)(C)CC)CC1. The lowest BCUT2D eigenvalue weighted by molar-refractivity contribution is -0.124. The van der Waals surface area contributed by atoms with Crippen LogP contribution in [0, 0.1) is 17.3 Å². The molecule has 3 nitrogen and oxygen atoms in total. The van der Waals surface area contributed by atoms with Crippen LogP contribution in [-0.2, 0) is 4.79 Å². The first kappa shape index (κ1) is 17.5. The van der Waals surface area contributed by atoms with Gasteiger partial charge in [0.25, 0.3) is 0 Å². The largest absolute Gasteiger partial charge is 0.352 e. The van der Waals surface area contributed by atoms with Crippen molar-refractivity contribution in [1.29, 1.82) is 0 Å². The third-order valence-corrected chi connectivity index (χ3v) is 5.65. The lowest BCUT2D eigenvalue weighted by atomic mass is 9.69. The molecule has 1 amide bonds. The van der Waals surface area contributed by atoms with Crippen molar-refractivity contribution in [1.82, 2.24) is 5.32 Å². The van der Waals surface area contributed by atoms with Crippen molar-refractivity contribution in [3.05, 3.63) is 0 Å². The van der Waals surface area contributed by atoms with Crippen LogP contribution >= 0.6 is 0 Å². The third-order valence-electron chi connectivity index (χ3n) is 5.65. The summed E-state index contributed by atoms with van der Waals surface area (Å²) in [5.74, 6) is 1.09. The van der Waals surface area contributed by atoms with Crippen LogP contribution in [0.2, 0.25) is 0 Å². The smallest absolute Gasteiger partial charge is 0.237 e. The summed E-state index contributed by atoms with van der Waals surface area (Å²) in [6, 6.07) is -0.0219. The van der Waals surface area contributed by atoms with Crippen LogP contribution < -0.4 is 11.1 Å². The van der Waals surface area contributed by atoms with Crippen molar-refractivity contribution < 1.29 is 4.79 Å². The molecule has 0 aromatic rings. The molecule has 0 aromatic heterocycles. The van der Waals surface area contributed by atoms with Crippen LogP contribution in [0.4, 0.5) is 0 Å². The van der Waals surface area contributed by atoms with Crippen molar-refractivity contribution >= 4 is 5.91 Å². The van der Waals surface area contributed by atoms with Gasteiger partial charge in [-0.1, -0.05) is 47.5 Å². The van der Waals surface area contributed by atoms with Crippen LogP contribution in [-0.4, -0.2) is 18.0 Å². The van der Waals surface area contributed by atoms with Gasteiger partial charge in [-0.3, -0.25) is 4.79 Å². The predicted octanol–water partition coefficient (Wildman–Crippen LogP) is 3.47. The molecule has 1 fully saturated rings. The Morgan fingerprint density at radius 1 is 1.25 bits per heavy atom. The molecule has 0 bridgehead atoms. The highest BCUT2D eigenvalue weighted by molar-refractivity contribution is 5.82. The Hall–Kier alpha value is -0.570. The van der Waals surface area contributed by atoms with Crippen molar-refractivity contribution in [3.63, 3.8) is 0 Å². The van der Waals surface area contributed by atoms with Crippen molar-refractivity contribution in [2.45, 2.75) is 85.2 Å². The zero-order valence-corrected chi connectivity index (χ0v) is 14.0. The normalized spacial score (nSPS) is 26.9. The molecule has 0 aromatic carbocycles. The van der Waals surface area contributed by atoms with Gasteiger partial charge in [-0.25, -0.2) is 0 Å². The fourth-order valence-electron chi connectivity index (χ4n) is 3.12. The van der Waals surface area contributed by atoms with Crippen molar-refractivity contribution in [2.75, 3.05) is 0 Å². The molecule has 1 rings (SSSR count). The van der Waals surface area contributed by atoms with Gasteiger partial charge in [0.2, 0.25) is 5.91 Å². The molecule has 1 saturated carbocycles. The van der Waals surface area contributed by atoms with Crippen LogP contribution in [0.5, 0.6) is 0 Å². The molecule has 2 unspecified atom stereocenters. The fraction of sp³-hybridized carbons (Fsp3) is 0.941. The summed E-state index contributed by atoms with van der Waals surface area (Å²) in [6.07, 6.45) is 6.84.